The average molecular weight is 417 g/mol. The summed E-state index contributed by atoms with van der Waals surface area (Å²) < 4.78 is 28.6. The molecule has 0 saturated heterocycles. The van der Waals surface area contributed by atoms with Gasteiger partial charge in [-0.15, -0.1) is 11.6 Å². The first kappa shape index (κ1) is 19.5. The number of hydrogen-bond donors (Lipinski definition) is 1. The highest BCUT2D eigenvalue weighted by molar-refractivity contribution is 7.89. The Bertz CT molecular complexity index is 1070. The molecule has 0 aliphatic carbocycles. The lowest BCUT2D eigenvalue weighted by Crippen LogP contribution is -2.40. The number of fused-ring (bicyclic) bond motifs is 3. The maximum absolute atomic E-state index is 13.5. The summed E-state index contributed by atoms with van der Waals surface area (Å²) in [5.74, 6) is 0.594. The molecule has 0 spiro atoms. The van der Waals surface area contributed by atoms with E-state index in [1.165, 1.54) is 10.9 Å². The van der Waals surface area contributed by atoms with Gasteiger partial charge in [0.15, 0.2) is 0 Å². The van der Waals surface area contributed by atoms with E-state index in [1.807, 2.05) is 31.2 Å². The minimum absolute atomic E-state index is 0.189. The molecular weight excluding hydrogens is 392 g/mol. The fraction of sp³-hybridized carbons (Fsp3) is 0.364. The molecule has 2 aromatic carbocycles. The van der Waals surface area contributed by atoms with E-state index in [0.29, 0.717) is 17.3 Å². The van der Waals surface area contributed by atoms with Crippen LogP contribution in [0.4, 0.5) is 0 Å². The van der Waals surface area contributed by atoms with Gasteiger partial charge in [-0.05, 0) is 49.9 Å². The molecule has 148 valence electrons. The normalized spacial score (nSPS) is 17.7. The first-order valence-corrected chi connectivity index (χ1v) is 11.7. The number of unbranched alkanes of at least 4 members (excludes halogenated alkanes) is 1. The van der Waals surface area contributed by atoms with Crippen LogP contribution < -0.4 is 0 Å². The standard InChI is InChI=1S/C22H25ClN2O2S/c1-16-9-11-17(12-10-16)28(26,27)25-15-13-19-18-6-2-3-7-20(18)24-22(19)21(25)8-4-5-14-23/h2-3,6-7,9-12,21,24H,4-5,8,13-15H2,1H3. The van der Waals surface area contributed by atoms with Gasteiger partial charge in [-0.3, -0.25) is 0 Å². The maximum atomic E-state index is 13.5. The number of aryl methyl sites for hydroxylation is 1. The minimum Gasteiger partial charge on any atom is -0.357 e. The lowest BCUT2D eigenvalue weighted by Gasteiger charge is -2.35. The maximum Gasteiger partial charge on any atom is 0.243 e. The molecule has 3 aromatic rings. The first-order valence-electron chi connectivity index (χ1n) is 9.76. The molecule has 1 unspecified atom stereocenters. The van der Waals surface area contributed by atoms with Gasteiger partial charge < -0.3 is 4.98 Å². The Kier molecular flexibility index (Phi) is 5.50. The van der Waals surface area contributed by atoms with Crippen molar-refractivity contribution in [2.45, 2.75) is 43.5 Å². The molecule has 0 amide bonds. The summed E-state index contributed by atoms with van der Waals surface area (Å²) >= 11 is 5.88. The third-order valence-corrected chi connectivity index (χ3v) is 7.79. The van der Waals surface area contributed by atoms with Crippen LogP contribution in [0.25, 0.3) is 10.9 Å². The second kappa shape index (κ2) is 7.90. The van der Waals surface area contributed by atoms with Gasteiger partial charge in [-0.1, -0.05) is 42.3 Å². The van der Waals surface area contributed by atoms with Crippen LogP contribution in [0.3, 0.4) is 0 Å². The molecule has 1 N–H and O–H groups in total. The number of sulfonamides is 1. The van der Waals surface area contributed by atoms with Gasteiger partial charge in [0.25, 0.3) is 0 Å². The van der Waals surface area contributed by atoms with E-state index in [9.17, 15) is 8.42 Å². The molecular formula is C22H25ClN2O2S. The summed E-state index contributed by atoms with van der Waals surface area (Å²) in [5.41, 5.74) is 4.41. The van der Waals surface area contributed by atoms with E-state index < -0.39 is 10.0 Å². The number of aromatic amines is 1. The van der Waals surface area contributed by atoms with Crippen LogP contribution in [-0.2, 0) is 16.4 Å². The molecule has 1 aliphatic rings. The van der Waals surface area contributed by atoms with Crippen molar-refractivity contribution in [3.63, 3.8) is 0 Å². The number of aromatic nitrogens is 1. The molecule has 0 bridgehead atoms. The van der Waals surface area contributed by atoms with Gasteiger partial charge >= 0.3 is 0 Å². The summed E-state index contributed by atoms with van der Waals surface area (Å²) in [6, 6.07) is 15.2. The third-order valence-electron chi connectivity index (χ3n) is 5.60. The molecule has 0 fully saturated rings. The lowest BCUT2D eigenvalue weighted by molar-refractivity contribution is 0.285. The lowest BCUT2D eigenvalue weighted by atomic mass is 9.96. The van der Waals surface area contributed by atoms with E-state index >= 15 is 0 Å². The Balaban J connectivity index is 1.77. The van der Waals surface area contributed by atoms with E-state index in [1.54, 1.807) is 16.4 Å². The highest BCUT2D eigenvalue weighted by atomic mass is 35.5. The van der Waals surface area contributed by atoms with Crippen molar-refractivity contribution >= 4 is 32.5 Å². The Hall–Kier alpha value is -1.82. The first-order chi connectivity index (χ1) is 13.5. The van der Waals surface area contributed by atoms with E-state index in [-0.39, 0.29) is 6.04 Å². The van der Waals surface area contributed by atoms with Crippen molar-refractivity contribution in [1.29, 1.82) is 0 Å². The van der Waals surface area contributed by atoms with Crippen LogP contribution in [0.5, 0.6) is 0 Å². The molecule has 0 radical (unpaired) electrons. The largest absolute Gasteiger partial charge is 0.357 e. The molecule has 2 heterocycles. The zero-order chi connectivity index (χ0) is 19.7. The van der Waals surface area contributed by atoms with Gasteiger partial charge in [0, 0.05) is 29.0 Å². The number of nitrogens with zero attached hydrogens (tertiary/aromatic N) is 1. The SMILES string of the molecule is Cc1ccc(S(=O)(=O)N2CCc3c([nH]c4ccccc34)C2CCCCCl)cc1. The monoisotopic (exact) mass is 416 g/mol. The number of alkyl halides is 1. The summed E-state index contributed by atoms with van der Waals surface area (Å²) in [6.07, 6.45) is 3.25. The van der Waals surface area contributed by atoms with Crippen LogP contribution in [0.1, 0.15) is 42.1 Å². The van der Waals surface area contributed by atoms with Crippen molar-refractivity contribution in [3.05, 3.63) is 65.4 Å². The molecule has 0 saturated carbocycles. The minimum atomic E-state index is -3.56. The van der Waals surface area contributed by atoms with Crippen molar-refractivity contribution in [2.24, 2.45) is 0 Å². The Morgan fingerprint density at radius 1 is 1.11 bits per heavy atom. The number of halogens is 1. The van der Waals surface area contributed by atoms with E-state index in [0.717, 1.165) is 42.5 Å². The van der Waals surface area contributed by atoms with Gasteiger partial charge in [-0.25, -0.2) is 8.42 Å². The molecule has 28 heavy (non-hydrogen) atoms. The van der Waals surface area contributed by atoms with Crippen molar-refractivity contribution < 1.29 is 8.42 Å². The number of nitrogens with one attached hydrogen (secondary N) is 1. The van der Waals surface area contributed by atoms with Crippen LogP contribution in [0.15, 0.2) is 53.4 Å². The fourth-order valence-electron chi connectivity index (χ4n) is 4.15. The predicted molar refractivity (Wildman–Crippen MR) is 114 cm³/mol. The van der Waals surface area contributed by atoms with Gasteiger partial charge in [-0.2, -0.15) is 4.31 Å². The summed E-state index contributed by atoms with van der Waals surface area (Å²) in [7, 11) is -3.56. The van der Waals surface area contributed by atoms with Crippen LogP contribution >= 0.6 is 11.6 Å². The smallest absolute Gasteiger partial charge is 0.243 e. The summed E-state index contributed by atoms with van der Waals surface area (Å²) in [6.45, 7) is 2.46. The number of H-pyrrole nitrogens is 1. The number of rotatable bonds is 6. The zero-order valence-corrected chi connectivity index (χ0v) is 17.6. The highest BCUT2D eigenvalue weighted by Gasteiger charge is 2.37. The molecule has 1 aliphatic heterocycles. The van der Waals surface area contributed by atoms with Gasteiger partial charge in [0.05, 0.1) is 10.9 Å². The van der Waals surface area contributed by atoms with Crippen molar-refractivity contribution in [1.82, 2.24) is 9.29 Å². The zero-order valence-electron chi connectivity index (χ0n) is 16.0. The Labute approximate surface area is 171 Å². The quantitative estimate of drug-likeness (QED) is 0.445. The number of para-hydroxylation sites is 1. The summed E-state index contributed by atoms with van der Waals surface area (Å²) in [4.78, 5) is 3.88. The molecule has 4 rings (SSSR count). The highest BCUT2D eigenvalue weighted by Crippen LogP contribution is 2.40. The number of hydrogen-bond acceptors (Lipinski definition) is 2. The topological polar surface area (TPSA) is 53.2 Å². The van der Waals surface area contributed by atoms with Crippen LogP contribution in [0.2, 0.25) is 0 Å². The molecule has 1 aromatic heterocycles. The Morgan fingerprint density at radius 2 is 1.86 bits per heavy atom. The molecule has 6 heteroatoms. The van der Waals surface area contributed by atoms with Crippen molar-refractivity contribution in [2.75, 3.05) is 12.4 Å². The molecule has 4 nitrogen and oxygen atoms in total. The number of benzene rings is 2. The van der Waals surface area contributed by atoms with Gasteiger partial charge in [0.2, 0.25) is 10.0 Å². The molecule has 1 atom stereocenters. The predicted octanol–water partition coefficient (Wildman–Crippen LogP) is 5.17. The van der Waals surface area contributed by atoms with Crippen LogP contribution in [-0.4, -0.2) is 30.1 Å². The van der Waals surface area contributed by atoms with E-state index in [2.05, 4.69) is 17.1 Å². The van der Waals surface area contributed by atoms with Gasteiger partial charge in [0.1, 0.15) is 0 Å². The second-order valence-corrected chi connectivity index (χ2v) is 9.71. The Morgan fingerprint density at radius 3 is 2.61 bits per heavy atom. The van der Waals surface area contributed by atoms with Crippen LogP contribution in [0, 0.1) is 6.92 Å². The second-order valence-electron chi connectivity index (χ2n) is 7.44. The summed E-state index contributed by atoms with van der Waals surface area (Å²) in [5, 5.41) is 1.20. The fourth-order valence-corrected chi connectivity index (χ4v) is 5.97. The average Bonchev–Trinajstić information content (AvgIpc) is 3.07. The van der Waals surface area contributed by atoms with E-state index in [4.69, 9.17) is 11.6 Å². The van der Waals surface area contributed by atoms with Crippen molar-refractivity contribution in [3.8, 4) is 0 Å². The third kappa shape index (κ3) is 3.47.